The molecule has 2 amide bonds. The molecule has 1 N–H and O–H groups in total. The van der Waals surface area contributed by atoms with Crippen LogP contribution < -0.4 is 19.7 Å². The summed E-state index contributed by atoms with van der Waals surface area (Å²) < 4.78 is 12.9. The van der Waals surface area contributed by atoms with E-state index in [2.05, 4.69) is 5.32 Å². The molecule has 1 aromatic heterocycles. The Labute approximate surface area is 193 Å². The van der Waals surface area contributed by atoms with Crippen LogP contribution in [0.5, 0.6) is 11.5 Å². The third kappa shape index (κ3) is 3.52. The first-order valence-electron chi connectivity index (χ1n) is 11.4. The van der Waals surface area contributed by atoms with Gasteiger partial charge in [0.15, 0.2) is 0 Å². The number of nitrogens with zero attached hydrogens (tertiary/aromatic N) is 2. The Hall–Kier alpha value is -3.48. The van der Waals surface area contributed by atoms with Crippen LogP contribution in [-0.4, -0.2) is 42.2 Å². The van der Waals surface area contributed by atoms with Crippen LogP contribution in [0, 0.1) is 0 Å². The molecule has 0 bridgehead atoms. The van der Waals surface area contributed by atoms with E-state index in [0.717, 1.165) is 36.6 Å². The van der Waals surface area contributed by atoms with Crippen LogP contribution in [0.3, 0.4) is 0 Å². The third-order valence-electron chi connectivity index (χ3n) is 6.97. The van der Waals surface area contributed by atoms with Crippen LogP contribution in [0.1, 0.15) is 43.1 Å². The lowest BCUT2D eigenvalue weighted by Gasteiger charge is -2.44. The van der Waals surface area contributed by atoms with Gasteiger partial charge in [0.2, 0.25) is 5.91 Å². The molecule has 1 atom stereocenters. The van der Waals surface area contributed by atoms with Gasteiger partial charge in [-0.1, -0.05) is 31.0 Å². The van der Waals surface area contributed by atoms with Gasteiger partial charge in [0.1, 0.15) is 22.7 Å². The first kappa shape index (κ1) is 21.4. The quantitative estimate of drug-likeness (QED) is 0.638. The monoisotopic (exact) mass is 447 g/mol. The smallest absolute Gasteiger partial charge is 0.275 e. The first-order chi connectivity index (χ1) is 15.9. The molecule has 0 radical (unpaired) electrons. The van der Waals surface area contributed by atoms with Crippen molar-refractivity contribution in [2.75, 3.05) is 19.1 Å². The van der Waals surface area contributed by atoms with E-state index in [1.54, 1.807) is 37.3 Å². The van der Waals surface area contributed by atoms with E-state index in [4.69, 9.17) is 9.47 Å². The van der Waals surface area contributed by atoms with Gasteiger partial charge in [0.25, 0.3) is 5.91 Å². The van der Waals surface area contributed by atoms with Crippen molar-refractivity contribution in [3.8, 4) is 11.5 Å². The zero-order valence-corrected chi connectivity index (χ0v) is 19.3. The van der Waals surface area contributed by atoms with Crippen molar-refractivity contribution in [2.24, 2.45) is 0 Å². The molecule has 3 aromatic rings. The minimum absolute atomic E-state index is 0.145. The number of rotatable bonds is 5. The zero-order chi connectivity index (χ0) is 23.2. The Balaban J connectivity index is 1.66. The summed E-state index contributed by atoms with van der Waals surface area (Å²) in [6.07, 6.45) is 4.18. The average Bonchev–Trinajstić information content (AvgIpc) is 3.46. The molecule has 7 nitrogen and oxygen atoms in total. The van der Waals surface area contributed by atoms with Crippen LogP contribution in [0.4, 0.5) is 5.69 Å². The number of anilines is 1. The summed E-state index contributed by atoms with van der Waals surface area (Å²) in [7, 11) is 3.14. The second-order valence-electron chi connectivity index (χ2n) is 9.11. The Kier molecular flexibility index (Phi) is 5.27. The van der Waals surface area contributed by atoms with E-state index >= 15 is 0 Å². The van der Waals surface area contributed by atoms with E-state index in [0.29, 0.717) is 29.4 Å². The fourth-order valence-electron chi connectivity index (χ4n) is 5.18. The summed E-state index contributed by atoms with van der Waals surface area (Å²) >= 11 is 0. The third-order valence-corrected chi connectivity index (χ3v) is 6.97. The SMILES string of the molecule is COc1cc(OC)cc(N2C(=O)c3cc4ccccc4n3C[C@]2(C)C(=O)NC2CCCC2)c1. The Bertz CT molecular complexity index is 1210. The fraction of sp³-hybridized carbons (Fsp3) is 0.385. The number of methoxy groups -OCH3 is 2. The van der Waals surface area contributed by atoms with E-state index < -0.39 is 5.54 Å². The Morgan fingerprint density at radius 2 is 1.70 bits per heavy atom. The summed E-state index contributed by atoms with van der Waals surface area (Å²) in [4.78, 5) is 29.4. The molecule has 33 heavy (non-hydrogen) atoms. The molecule has 172 valence electrons. The highest BCUT2D eigenvalue weighted by atomic mass is 16.5. The summed E-state index contributed by atoms with van der Waals surface area (Å²) in [6, 6.07) is 15.2. The first-order valence-corrected chi connectivity index (χ1v) is 11.4. The highest BCUT2D eigenvalue weighted by molar-refractivity contribution is 6.14. The maximum atomic E-state index is 14.0. The largest absolute Gasteiger partial charge is 0.497 e. The number of hydrogen-bond donors (Lipinski definition) is 1. The van der Waals surface area contributed by atoms with Crippen LogP contribution in [0.15, 0.2) is 48.5 Å². The minimum atomic E-state index is -1.13. The number of para-hydroxylation sites is 1. The average molecular weight is 448 g/mol. The molecule has 2 aliphatic rings. The lowest BCUT2D eigenvalue weighted by atomic mass is 9.93. The van der Waals surface area contributed by atoms with Gasteiger partial charge < -0.3 is 19.4 Å². The number of amides is 2. The van der Waals surface area contributed by atoms with Crippen molar-refractivity contribution < 1.29 is 19.1 Å². The summed E-state index contributed by atoms with van der Waals surface area (Å²) in [5.41, 5.74) is 0.941. The van der Waals surface area contributed by atoms with Gasteiger partial charge >= 0.3 is 0 Å². The topological polar surface area (TPSA) is 72.8 Å². The molecular formula is C26H29N3O4. The van der Waals surface area contributed by atoms with Gasteiger partial charge in [-0.15, -0.1) is 0 Å². The summed E-state index contributed by atoms with van der Waals surface area (Å²) in [5, 5.41) is 4.21. The van der Waals surface area contributed by atoms with E-state index in [1.165, 1.54) is 0 Å². The predicted octanol–water partition coefficient (Wildman–Crippen LogP) is 4.14. The standard InChI is InChI=1S/C26H29N3O4/c1-26(25(31)27-18-9-5-6-10-18)16-28-22-11-7-4-8-17(22)12-23(28)24(30)29(26)19-13-20(32-2)15-21(14-19)33-3/h4,7-8,11-15,18H,5-6,9-10,16H2,1-3H3,(H,27,31)/t26-/m1/s1. The molecule has 2 heterocycles. The summed E-state index contributed by atoms with van der Waals surface area (Å²) in [5.74, 6) is 0.744. The lowest BCUT2D eigenvalue weighted by molar-refractivity contribution is -0.127. The molecule has 5 rings (SSSR count). The fourth-order valence-corrected chi connectivity index (χ4v) is 5.18. The maximum absolute atomic E-state index is 14.0. The molecule has 0 spiro atoms. The molecule has 0 unspecified atom stereocenters. The Morgan fingerprint density at radius 1 is 1.03 bits per heavy atom. The molecule has 7 heteroatoms. The molecular weight excluding hydrogens is 418 g/mol. The van der Waals surface area contributed by atoms with Gasteiger partial charge in [0, 0.05) is 35.1 Å². The van der Waals surface area contributed by atoms with Crippen LogP contribution in [0.2, 0.25) is 0 Å². The van der Waals surface area contributed by atoms with Crippen LogP contribution in [0.25, 0.3) is 10.9 Å². The normalized spacial score (nSPS) is 20.7. The number of hydrogen-bond acceptors (Lipinski definition) is 4. The van der Waals surface area contributed by atoms with Crippen LogP contribution in [-0.2, 0) is 11.3 Å². The van der Waals surface area contributed by atoms with Crippen LogP contribution >= 0.6 is 0 Å². The number of ether oxygens (including phenoxy) is 2. The summed E-state index contributed by atoms with van der Waals surface area (Å²) in [6.45, 7) is 2.19. The van der Waals surface area contributed by atoms with Gasteiger partial charge in [-0.05, 0) is 31.9 Å². The van der Waals surface area contributed by atoms with Crippen molar-refractivity contribution in [3.05, 3.63) is 54.2 Å². The highest BCUT2D eigenvalue weighted by Gasteiger charge is 2.49. The van der Waals surface area contributed by atoms with Gasteiger partial charge in [-0.2, -0.15) is 0 Å². The van der Waals surface area contributed by atoms with Crippen molar-refractivity contribution in [2.45, 2.75) is 50.7 Å². The van der Waals surface area contributed by atoms with Gasteiger partial charge in [0.05, 0.1) is 26.5 Å². The number of benzene rings is 2. The highest BCUT2D eigenvalue weighted by Crippen LogP contribution is 2.39. The Morgan fingerprint density at radius 3 is 2.36 bits per heavy atom. The van der Waals surface area contributed by atoms with Crippen molar-refractivity contribution >= 4 is 28.4 Å². The molecule has 1 aliphatic heterocycles. The second kappa shape index (κ2) is 8.14. The number of aromatic nitrogens is 1. The molecule has 1 fully saturated rings. The minimum Gasteiger partial charge on any atom is -0.497 e. The number of fused-ring (bicyclic) bond motifs is 3. The molecule has 2 aromatic carbocycles. The predicted molar refractivity (Wildman–Crippen MR) is 127 cm³/mol. The van der Waals surface area contributed by atoms with Crippen molar-refractivity contribution in [1.82, 2.24) is 9.88 Å². The van der Waals surface area contributed by atoms with Gasteiger partial charge in [-0.3, -0.25) is 14.5 Å². The number of carbonyl (C=O) groups excluding carboxylic acids is 2. The lowest BCUT2D eigenvalue weighted by Crippen LogP contribution is -2.65. The zero-order valence-electron chi connectivity index (χ0n) is 19.3. The van der Waals surface area contributed by atoms with E-state index in [9.17, 15) is 9.59 Å². The molecule has 0 saturated heterocycles. The van der Waals surface area contributed by atoms with E-state index in [1.807, 2.05) is 41.8 Å². The van der Waals surface area contributed by atoms with Crippen molar-refractivity contribution in [3.63, 3.8) is 0 Å². The number of nitrogens with one attached hydrogen (secondary N) is 1. The van der Waals surface area contributed by atoms with Crippen molar-refractivity contribution in [1.29, 1.82) is 0 Å². The van der Waals surface area contributed by atoms with E-state index in [-0.39, 0.29) is 17.9 Å². The molecule has 1 saturated carbocycles. The maximum Gasteiger partial charge on any atom is 0.275 e. The second-order valence-corrected chi connectivity index (χ2v) is 9.11. The van der Waals surface area contributed by atoms with Gasteiger partial charge in [-0.25, -0.2) is 0 Å². The molecule has 1 aliphatic carbocycles. The number of carbonyl (C=O) groups is 2.